The van der Waals surface area contributed by atoms with E-state index in [9.17, 15) is 19.5 Å². The summed E-state index contributed by atoms with van der Waals surface area (Å²) < 4.78 is 9.28. The average Bonchev–Trinajstić information content (AvgIpc) is 2.75. The largest absolute Gasteiger partial charge is 0.427 e. The number of β-lactam (4-membered cyclic amide) rings is 1. The summed E-state index contributed by atoms with van der Waals surface area (Å²) in [6.45, 7) is 16.8. The van der Waals surface area contributed by atoms with Crippen molar-refractivity contribution in [3.63, 3.8) is 0 Å². The zero-order valence-electron chi connectivity index (χ0n) is 15.7. The molecule has 0 aromatic rings. The number of aliphatic hydroxyl groups excluding tert-OH is 1. The maximum absolute atomic E-state index is 12.6. The Kier molecular flexibility index (Phi) is 5.07. The summed E-state index contributed by atoms with van der Waals surface area (Å²) in [5, 5.41) is 9.34. The van der Waals surface area contributed by atoms with Gasteiger partial charge in [0.15, 0.2) is 5.37 Å². The molecular formula is C17H24N2O6S. The van der Waals surface area contributed by atoms with Crippen LogP contribution in [0.1, 0.15) is 41.5 Å². The van der Waals surface area contributed by atoms with Gasteiger partial charge in [0, 0.05) is 4.75 Å². The second kappa shape index (κ2) is 6.43. The molecule has 2 rings (SSSR count). The second-order valence-corrected chi connectivity index (χ2v) is 9.80. The standard InChI is InChI=1S/C17H24N2O6S/c1-9(20)17(18-7)12(22)19-10(16(5,6)26-13(17)19)11(21)24-8-25-14(23)15(2,3)4/h9-10,13,20H,8H2,1-6H3/t9?,10-,13+,17?/m0/s1. The van der Waals surface area contributed by atoms with Crippen LogP contribution < -0.4 is 0 Å². The van der Waals surface area contributed by atoms with E-state index in [0.717, 1.165) is 0 Å². The van der Waals surface area contributed by atoms with Crippen molar-refractivity contribution >= 4 is 29.6 Å². The first-order valence-electron chi connectivity index (χ1n) is 8.22. The number of hydrogen-bond acceptors (Lipinski definition) is 7. The Labute approximate surface area is 157 Å². The highest BCUT2D eigenvalue weighted by Crippen LogP contribution is 2.57. The molecule has 2 aliphatic heterocycles. The molecule has 4 atom stereocenters. The van der Waals surface area contributed by atoms with Gasteiger partial charge in [0.1, 0.15) is 12.1 Å². The van der Waals surface area contributed by atoms with Crippen LogP contribution in [-0.2, 0) is 23.9 Å². The molecule has 0 spiro atoms. The van der Waals surface area contributed by atoms with Crippen LogP contribution in [0.5, 0.6) is 0 Å². The maximum Gasteiger partial charge on any atom is 0.362 e. The topological polar surface area (TPSA) is 97.5 Å². The lowest BCUT2D eigenvalue weighted by Crippen LogP contribution is -2.75. The van der Waals surface area contributed by atoms with E-state index >= 15 is 0 Å². The van der Waals surface area contributed by atoms with Gasteiger partial charge < -0.3 is 14.6 Å². The zero-order chi connectivity index (χ0) is 20.1. The number of fused-ring (bicyclic) bond motifs is 1. The molecule has 2 unspecified atom stereocenters. The van der Waals surface area contributed by atoms with Gasteiger partial charge in [0.25, 0.3) is 0 Å². The minimum atomic E-state index is -1.57. The smallest absolute Gasteiger partial charge is 0.362 e. The lowest BCUT2D eigenvalue weighted by molar-refractivity contribution is -0.182. The van der Waals surface area contributed by atoms with E-state index < -0.39 is 57.9 Å². The molecule has 1 amide bonds. The van der Waals surface area contributed by atoms with Crippen LogP contribution in [0.3, 0.4) is 0 Å². The van der Waals surface area contributed by atoms with Gasteiger partial charge in [-0.3, -0.25) is 19.3 Å². The fourth-order valence-corrected chi connectivity index (χ4v) is 4.84. The molecule has 0 aromatic carbocycles. The van der Waals surface area contributed by atoms with Crippen LogP contribution in [-0.4, -0.2) is 62.5 Å². The molecule has 26 heavy (non-hydrogen) atoms. The highest BCUT2D eigenvalue weighted by atomic mass is 32.2. The van der Waals surface area contributed by atoms with Crippen molar-refractivity contribution in [3.8, 4) is 0 Å². The highest BCUT2D eigenvalue weighted by Gasteiger charge is 2.79. The van der Waals surface area contributed by atoms with Gasteiger partial charge in [-0.15, -0.1) is 11.8 Å². The van der Waals surface area contributed by atoms with Crippen molar-refractivity contribution in [2.75, 3.05) is 6.79 Å². The SMILES string of the molecule is [C-]#[N+]C1(C(C)O)C(=O)N2[C@@H](C(=O)OCOC(=O)C(C)(C)C)C(C)(C)S[C@@H]21. The van der Waals surface area contributed by atoms with Gasteiger partial charge in [-0.25, -0.2) is 11.4 Å². The number of rotatable bonds is 4. The number of amides is 1. The number of aliphatic hydroxyl groups is 1. The number of nitrogens with zero attached hydrogens (tertiary/aromatic N) is 2. The number of hydrogen-bond donors (Lipinski definition) is 1. The molecule has 0 saturated carbocycles. The predicted molar refractivity (Wildman–Crippen MR) is 93.6 cm³/mol. The minimum Gasteiger partial charge on any atom is -0.427 e. The molecule has 2 saturated heterocycles. The molecule has 0 bridgehead atoms. The Morgan fingerprint density at radius 3 is 2.42 bits per heavy atom. The van der Waals surface area contributed by atoms with Crippen molar-refractivity contribution in [1.29, 1.82) is 0 Å². The van der Waals surface area contributed by atoms with Crippen molar-refractivity contribution in [3.05, 3.63) is 11.4 Å². The van der Waals surface area contributed by atoms with E-state index in [4.69, 9.17) is 16.0 Å². The first kappa shape index (κ1) is 20.5. The fraction of sp³-hybridized carbons (Fsp3) is 0.765. The van der Waals surface area contributed by atoms with Crippen molar-refractivity contribution in [2.24, 2.45) is 5.41 Å². The number of ether oxygens (including phenoxy) is 2. The molecule has 2 heterocycles. The molecule has 0 aromatic heterocycles. The summed E-state index contributed by atoms with van der Waals surface area (Å²) in [5.74, 6) is -1.80. The normalized spacial score (nSPS) is 30.7. The summed E-state index contributed by atoms with van der Waals surface area (Å²) in [5.41, 5.74) is -2.30. The Hall–Kier alpha value is -1.79. The van der Waals surface area contributed by atoms with Crippen LogP contribution >= 0.6 is 11.8 Å². The lowest BCUT2D eigenvalue weighted by Gasteiger charge is -2.45. The molecule has 0 aliphatic carbocycles. The van der Waals surface area contributed by atoms with Gasteiger partial charge in [-0.1, -0.05) is 0 Å². The number of thioether (sulfide) groups is 1. The summed E-state index contributed by atoms with van der Waals surface area (Å²) in [6, 6.07) is -0.924. The van der Waals surface area contributed by atoms with Crippen LogP contribution in [0.4, 0.5) is 0 Å². The molecule has 1 N–H and O–H groups in total. The molecule has 0 radical (unpaired) electrons. The van der Waals surface area contributed by atoms with E-state index in [0.29, 0.717) is 0 Å². The van der Waals surface area contributed by atoms with E-state index in [1.807, 2.05) is 0 Å². The van der Waals surface area contributed by atoms with Crippen LogP contribution in [0.2, 0.25) is 0 Å². The van der Waals surface area contributed by atoms with Gasteiger partial charge >= 0.3 is 23.4 Å². The third-order valence-electron chi connectivity index (χ3n) is 4.61. The number of carbonyl (C=O) groups is 3. The minimum absolute atomic E-state index is 0.510. The highest BCUT2D eigenvalue weighted by molar-refractivity contribution is 8.01. The monoisotopic (exact) mass is 384 g/mol. The summed E-state index contributed by atoms with van der Waals surface area (Å²) >= 11 is 1.28. The molecule has 2 aliphatic rings. The van der Waals surface area contributed by atoms with Gasteiger partial charge in [-0.2, -0.15) is 0 Å². The number of esters is 2. The van der Waals surface area contributed by atoms with Crippen LogP contribution in [0.15, 0.2) is 0 Å². The average molecular weight is 384 g/mol. The summed E-state index contributed by atoms with van der Waals surface area (Å²) in [6.07, 6.45) is -1.15. The number of carbonyl (C=O) groups excluding carboxylic acids is 3. The van der Waals surface area contributed by atoms with E-state index in [1.54, 1.807) is 34.6 Å². The van der Waals surface area contributed by atoms with Crippen molar-refractivity contribution in [1.82, 2.24) is 4.90 Å². The summed E-state index contributed by atoms with van der Waals surface area (Å²) in [4.78, 5) is 41.5. The Morgan fingerprint density at radius 2 is 1.96 bits per heavy atom. The van der Waals surface area contributed by atoms with E-state index in [1.165, 1.54) is 23.6 Å². The molecule has 9 heteroatoms. The van der Waals surface area contributed by atoms with Crippen LogP contribution in [0.25, 0.3) is 4.85 Å². The van der Waals surface area contributed by atoms with Crippen molar-refractivity contribution in [2.45, 2.75) is 69.3 Å². The lowest BCUT2D eigenvalue weighted by atomic mass is 9.81. The predicted octanol–water partition coefficient (Wildman–Crippen LogP) is 1.18. The third kappa shape index (κ3) is 2.95. The third-order valence-corrected chi connectivity index (χ3v) is 6.25. The van der Waals surface area contributed by atoms with E-state index in [2.05, 4.69) is 4.85 Å². The zero-order valence-corrected chi connectivity index (χ0v) is 16.5. The Bertz CT molecular complexity index is 678. The van der Waals surface area contributed by atoms with Gasteiger partial charge in [-0.05, 0) is 41.5 Å². The van der Waals surface area contributed by atoms with Gasteiger partial charge in [0.2, 0.25) is 6.79 Å². The molecule has 8 nitrogen and oxygen atoms in total. The van der Waals surface area contributed by atoms with Crippen LogP contribution in [0, 0.1) is 12.0 Å². The van der Waals surface area contributed by atoms with E-state index in [-0.39, 0.29) is 0 Å². The van der Waals surface area contributed by atoms with Gasteiger partial charge in [0.05, 0.1) is 5.41 Å². The molecule has 144 valence electrons. The summed E-state index contributed by atoms with van der Waals surface area (Å²) in [7, 11) is 0. The quantitative estimate of drug-likeness (QED) is 0.336. The molecule has 2 fully saturated rings. The first-order valence-corrected chi connectivity index (χ1v) is 9.09. The fourth-order valence-electron chi connectivity index (χ4n) is 3.07. The molecular weight excluding hydrogens is 360 g/mol. The maximum atomic E-state index is 12.6. The first-order chi connectivity index (χ1) is 11.8. The Balaban J connectivity index is 2.11. The van der Waals surface area contributed by atoms with Crippen molar-refractivity contribution < 1.29 is 29.0 Å². The Morgan fingerprint density at radius 1 is 1.38 bits per heavy atom. The second-order valence-electron chi connectivity index (χ2n) is 8.06.